The summed E-state index contributed by atoms with van der Waals surface area (Å²) in [7, 11) is 0. The maximum absolute atomic E-state index is 13.9. The third-order valence-corrected chi connectivity index (χ3v) is 4.05. The number of aromatic nitrogens is 4. The molecule has 3 aromatic rings. The van der Waals surface area contributed by atoms with Crippen molar-refractivity contribution in [2.24, 2.45) is 0 Å². The summed E-state index contributed by atoms with van der Waals surface area (Å²) in [6, 6.07) is 5.63. The molecular weight excluding hydrogens is 364 g/mol. The van der Waals surface area contributed by atoms with E-state index in [0.717, 1.165) is 6.07 Å². The lowest BCUT2D eigenvalue weighted by molar-refractivity contribution is -0.140. The maximum Gasteiger partial charge on any atom is 0.419 e. The van der Waals surface area contributed by atoms with Gasteiger partial charge in [0.1, 0.15) is 18.0 Å². The number of halogens is 4. The van der Waals surface area contributed by atoms with E-state index < -0.39 is 23.5 Å². The monoisotopic (exact) mass is 378 g/mol. The third-order valence-electron chi connectivity index (χ3n) is 4.05. The first-order chi connectivity index (χ1) is 12.6. The van der Waals surface area contributed by atoms with Crippen molar-refractivity contribution in [3.63, 3.8) is 0 Å². The fourth-order valence-corrected chi connectivity index (χ4v) is 2.66. The Balaban J connectivity index is 1.97. The van der Waals surface area contributed by atoms with E-state index in [1.54, 1.807) is 19.9 Å². The molecule has 9 heteroatoms. The van der Waals surface area contributed by atoms with Crippen molar-refractivity contribution in [3.05, 3.63) is 75.5 Å². The Labute approximate surface area is 151 Å². The molecule has 0 fully saturated rings. The van der Waals surface area contributed by atoms with Crippen LogP contribution in [0.25, 0.3) is 11.4 Å². The Bertz CT molecular complexity index is 1050. The average Bonchev–Trinajstić information content (AvgIpc) is 2.59. The normalized spacial score (nSPS) is 12.8. The van der Waals surface area contributed by atoms with E-state index >= 15 is 0 Å². The average molecular weight is 378 g/mol. The van der Waals surface area contributed by atoms with Gasteiger partial charge in [-0.25, -0.2) is 19.3 Å². The highest BCUT2D eigenvalue weighted by Gasteiger charge is 2.34. The molecule has 0 aliphatic rings. The van der Waals surface area contributed by atoms with Gasteiger partial charge in [-0.15, -0.1) is 0 Å². The second kappa shape index (κ2) is 6.90. The van der Waals surface area contributed by atoms with E-state index in [1.165, 1.54) is 18.5 Å². The first kappa shape index (κ1) is 18.7. The molecule has 1 atom stereocenters. The Morgan fingerprint density at radius 2 is 1.81 bits per heavy atom. The topological polar surface area (TPSA) is 71.5 Å². The molecule has 1 aromatic carbocycles. The first-order valence-corrected chi connectivity index (χ1v) is 7.92. The number of nitrogens with one attached hydrogen (secondary N) is 1. The van der Waals surface area contributed by atoms with E-state index in [2.05, 4.69) is 19.9 Å². The largest absolute Gasteiger partial charge is 0.419 e. The van der Waals surface area contributed by atoms with Crippen LogP contribution in [0.5, 0.6) is 0 Å². The molecule has 27 heavy (non-hydrogen) atoms. The highest BCUT2D eigenvalue weighted by molar-refractivity contribution is 5.54. The summed E-state index contributed by atoms with van der Waals surface area (Å²) in [5, 5.41) is 0. The summed E-state index contributed by atoms with van der Waals surface area (Å²) in [5.41, 5.74) is -0.140. The van der Waals surface area contributed by atoms with Gasteiger partial charge in [0, 0.05) is 12.0 Å². The Hall–Kier alpha value is -3.10. The van der Waals surface area contributed by atoms with Gasteiger partial charge < -0.3 is 4.98 Å². The second-order valence-electron chi connectivity index (χ2n) is 6.00. The molecule has 0 unspecified atom stereocenters. The molecule has 0 bridgehead atoms. The van der Waals surface area contributed by atoms with Gasteiger partial charge in [0.15, 0.2) is 0 Å². The highest BCUT2D eigenvalue weighted by Crippen LogP contribution is 2.33. The number of aryl methyl sites for hydroxylation is 1. The van der Waals surface area contributed by atoms with E-state index in [1.807, 2.05) is 0 Å². The summed E-state index contributed by atoms with van der Waals surface area (Å²) in [6.07, 6.45) is -3.49. The van der Waals surface area contributed by atoms with Gasteiger partial charge in [-0.2, -0.15) is 13.2 Å². The van der Waals surface area contributed by atoms with Crippen LogP contribution in [-0.4, -0.2) is 19.9 Å². The molecular formula is C18H14F4N4O. The molecule has 0 aliphatic heterocycles. The highest BCUT2D eigenvalue weighted by atomic mass is 19.4. The number of alkyl halides is 3. The van der Waals surface area contributed by atoms with Crippen LogP contribution in [0.15, 0.2) is 41.5 Å². The van der Waals surface area contributed by atoms with Crippen LogP contribution < -0.4 is 5.56 Å². The summed E-state index contributed by atoms with van der Waals surface area (Å²) >= 11 is 0. The zero-order chi connectivity index (χ0) is 19.8. The van der Waals surface area contributed by atoms with Gasteiger partial charge in [-0.05, 0) is 30.7 Å². The van der Waals surface area contributed by atoms with Crippen LogP contribution in [0, 0.1) is 12.7 Å². The standard InChI is InChI=1S/C18H14F4N4O/c1-9(11-3-4-12(13(19)5-11)18(20,21)22)14-6-15(24-8-23-14)16-7-17(27)26-10(2)25-16/h3-9H,1-2H3,(H,25,26,27)/t9-/m0/s1. The van der Waals surface area contributed by atoms with Crippen molar-refractivity contribution in [1.82, 2.24) is 19.9 Å². The molecule has 0 spiro atoms. The Morgan fingerprint density at radius 3 is 2.44 bits per heavy atom. The van der Waals surface area contributed by atoms with Crippen LogP contribution in [0.4, 0.5) is 17.6 Å². The van der Waals surface area contributed by atoms with Crippen molar-refractivity contribution in [2.45, 2.75) is 25.9 Å². The van der Waals surface area contributed by atoms with Gasteiger partial charge >= 0.3 is 6.18 Å². The zero-order valence-electron chi connectivity index (χ0n) is 14.3. The Kier molecular flexibility index (Phi) is 4.77. The number of rotatable bonds is 3. The Morgan fingerprint density at radius 1 is 1.07 bits per heavy atom. The minimum Gasteiger partial charge on any atom is -0.311 e. The van der Waals surface area contributed by atoms with Crippen molar-refractivity contribution in [1.29, 1.82) is 0 Å². The van der Waals surface area contributed by atoms with Crippen LogP contribution in [0.2, 0.25) is 0 Å². The summed E-state index contributed by atoms with van der Waals surface area (Å²) < 4.78 is 52.0. The molecule has 0 saturated carbocycles. The van der Waals surface area contributed by atoms with E-state index in [-0.39, 0.29) is 5.56 Å². The minimum atomic E-state index is -4.75. The number of nitrogens with zero attached hydrogens (tertiary/aromatic N) is 3. The fraction of sp³-hybridized carbons (Fsp3) is 0.222. The van der Waals surface area contributed by atoms with Gasteiger partial charge in [0.2, 0.25) is 0 Å². The van der Waals surface area contributed by atoms with Gasteiger partial charge in [-0.3, -0.25) is 4.79 Å². The number of aromatic amines is 1. The van der Waals surface area contributed by atoms with Crippen molar-refractivity contribution >= 4 is 0 Å². The number of H-pyrrole nitrogens is 1. The predicted molar refractivity (Wildman–Crippen MR) is 89.5 cm³/mol. The summed E-state index contributed by atoms with van der Waals surface area (Å²) in [4.78, 5) is 26.5. The molecule has 1 N–H and O–H groups in total. The first-order valence-electron chi connectivity index (χ1n) is 7.92. The van der Waals surface area contributed by atoms with Gasteiger partial charge in [-0.1, -0.05) is 13.0 Å². The third kappa shape index (κ3) is 4.02. The number of hydrogen-bond acceptors (Lipinski definition) is 4. The van der Waals surface area contributed by atoms with Crippen LogP contribution in [0.3, 0.4) is 0 Å². The van der Waals surface area contributed by atoms with Crippen molar-refractivity contribution < 1.29 is 17.6 Å². The lowest BCUT2D eigenvalue weighted by Crippen LogP contribution is -2.10. The predicted octanol–water partition coefficient (Wildman–Crippen LogP) is 3.85. The van der Waals surface area contributed by atoms with Gasteiger partial charge in [0.25, 0.3) is 5.56 Å². The number of hydrogen-bond donors (Lipinski definition) is 1. The molecule has 5 nitrogen and oxygen atoms in total. The molecule has 0 radical (unpaired) electrons. The molecule has 0 saturated heterocycles. The van der Waals surface area contributed by atoms with Crippen LogP contribution in [0.1, 0.15) is 35.5 Å². The SMILES string of the molecule is Cc1nc(-c2cc([C@@H](C)c3ccc(C(F)(F)F)c(F)c3)ncn2)cc(=O)[nH]1. The second-order valence-corrected chi connectivity index (χ2v) is 6.00. The molecule has 2 aromatic heterocycles. The van der Waals surface area contributed by atoms with E-state index in [4.69, 9.17) is 0 Å². The van der Waals surface area contributed by atoms with Crippen LogP contribution in [-0.2, 0) is 6.18 Å². The lowest BCUT2D eigenvalue weighted by atomic mass is 9.95. The molecule has 3 rings (SSSR count). The lowest BCUT2D eigenvalue weighted by Gasteiger charge is -2.14. The maximum atomic E-state index is 13.9. The van der Waals surface area contributed by atoms with E-state index in [0.29, 0.717) is 34.5 Å². The minimum absolute atomic E-state index is 0.334. The molecule has 140 valence electrons. The van der Waals surface area contributed by atoms with E-state index in [9.17, 15) is 22.4 Å². The molecule has 0 amide bonds. The summed E-state index contributed by atoms with van der Waals surface area (Å²) in [6.45, 7) is 3.31. The van der Waals surface area contributed by atoms with Crippen LogP contribution >= 0.6 is 0 Å². The zero-order valence-corrected chi connectivity index (χ0v) is 14.3. The molecule has 2 heterocycles. The smallest absolute Gasteiger partial charge is 0.311 e. The quantitative estimate of drug-likeness (QED) is 0.703. The van der Waals surface area contributed by atoms with Gasteiger partial charge in [0.05, 0.1) is 22.6 Å². The molecule has 0 aliphatic carbocycles. The van der Waals surface area contributed by atoms with Crippen molar-refractivity contribution in [2.75, 3.05) is 0 Å². The fourth-order valence-electron chi connectivity index (χ4n) is 2.66. The van der Waals surface area contributed by atoms with Crippen molar-refractivity contribution in [3.8, 4) is 11.4 Å². The summed E-state index contributed by atoms with van der Waals surface area (Å²) in [5.74, 6) is -1.42. The number of benzene rings is 1.